The van der Waals surface area contributed by atoms with Crippen LogP contribution in [-0.2, 0) is 4.74 Å². The summed E-state index contributed by atoms with van der Waals surface area (Å²) >= 11 is 0. The molecule has 0 aromatic rings. The van der Waals surface area contributed by atoms with Gasteiger partial charge in [0.05, 0.1) is 5.60 Å². The van der Waals surface area contributed by atoms with Crippen LogP contribution in [0.3, 0.4) is 0 Å². The Balaban J connectivity index is 1.73. The fourth-order valence-electron chi connectivity index (χ4n) is 5.42. The summed E-state index contributed by atoms with van der Waals surface area (Å²) in [5.41, 5.74) is 7.32. The second kappa shape index (κ2) is 6.17. The lowest BCUT2D eigenvalue weighted by Crippen LogP contribution is -2.60. The van der Waals surface area contributed by atoms with Crippen molar-refractivity contribution in [1.29, 1.82) is 0 Å². The highest BCUT2D eigenvalue weighted by Gasteiger charge is 2.48. The van der Waals surface area contributed by atoms with Crippen molar-refractivity contribution >= 4 is 0 Å². The van der Waals surface area contributed by atoms with Gasteiger partial charge < -0.3 is 15.4 Å². The second-order valence-corrected chi connectivity index (χ2v) is 8.08. The minimum atomic E-state index is 0.185. The van der Waals surface area contributed by atoms with Gasteiger partial charge in [-0.1, -0.05) is 32.1 Å². The van der Waals surface area contributed by atoms with Crippen LogP contribution in [0.5, 0.6) is 0 Å². The molecule has 0 radical (unpaired) electrons. The maximum atomic E-state index is 6.88. The van der Waals surface area contributed by atoms with Crippen molar-refractivity contribution in [2.24, 2.45) is 11.7 Å². The number of nitrogens with two attached hydrogens (primary N) is 1. The van der Waals surface area contributed by atoms with Gasteiger partial charge in [0, 0.05) is 18.2 Å². The second-order valence-electron chi connectivity index (χ2n) is 8.08. The average molecular weight is 294 g/mol. The van der Waals surface area contributed by atoms with Gasteiger partial charge in [0.25, 0.3) is 0 Å². The van der Waals surface area contributed by atoms with Crippen molar-refractivity contribution in [3.63, 3.8) is 0 Å². The van der Waals surface area contributed by atoms with E-state index in [9.17, 15) is 0 Å². The van der Waals surface area contributed by atoms with E-state index in [2.05, 4.69) is 19.0 Å². The lowest BCUT2D eigenvalue weighted by atomic mass is 9.69. The predicted octanol–water partition coefficient (Wildman–Crippen LogP) is 3.32. The van der Waals surface area contributed by atoms with E-state index in [0.717, 1.165) is 6.61 Å². The Hall–Kier alpha value is -0.120. The summed E-state index contributed by atoms with van der Waals surface area (Å²) < 4.78 is 6.27. The molecule has 2 N–H and O–H groups in total. The van der Waals surface area contributed by atoms with Crippen molar-refractivity contribution in [2.75, 3.05) is 20.7 Å². The summed E-state index contributed by atoms with van der Waals surface area (Å²) in [6.07, 6.45) is 14.3. The van der Waals surface area contributed by atoms with Gasteiger partial charge in [0.15, 0.2) is 0 Å². The van der Waals surface area contributed by atoms with Crippen LogP contribution in [0.4, 0.5) is 0 Å². The third kappa shape index (κ3) is 2.89. The highest BCUT2D eigenvalue weighted by molar-refractivity contribution is 5.05. The van der Waals surface area contributed by atoms with Gasteiger partial charge in [-0.2, -0.15) is 0 Å². The number of likely N-dealkylation sites (N-methyl/N-ethyl adjacent to an activating group) is 1. The van der Waals surface area contributed by atoms with Gasteiger partial charge in [-0.15, -0.1) is 0 Å². The fraction of sp³-hybridized carbons (Fsp3) is 1.00. The van der Waals surface area contributed by atoms with Crippen LogP contribution in [0.1, 0.15) is 70.6 Å². The molecule has 122 valence electrons. The Morgan fingerprint density at radius 1 is 1.00 bits per heavy atom. The van der Waals surface area contributed by atoms with Gasteiger partial charge in [-0.3, -0.25) is 0 Å². The maximum Gasteiger partial charge on any atom is 0.0685 e. The van der Waals surface area contributed by atoms with E-state index >= 15 is 0 Å². The van der Waals surface area contributed by atoms with Gasteiger partial charge in [0.2, 0.25) is 0 Å². The third-order valence-corrected chi connectivity index (χ3v) is 6.78. The van der Waals surface area contributed by atoms with Crippen LogP contribution >= 0.6 is 0 Å². The van der Waals surface area contributed by atoms with E-state index in [1.165, 1.54) is 70.6 Å². The molecule has 3 fully saturated rings. The molecule has 3 heteroatoms. The Kier molecular flexibility index (Phi) is 4.63. The highest BCUT2D eigenvalue weighted by atomic mass is 16.5. The normalized spacial score (nSPS) is 33.4. The SMILES string of the molecule is CN(C)C1(C(N)C2CCOC3(CCCCC3)C2)CCCC1. The molecule has 1 aliphatic heterocycles. The molecular weight excluding hydrogens is 260 g/mol. The average Bonchev–Trinajstić information content (AvgIpc) is 2.98. The smallest absolute Gasteiger partial charge is 0.0685 e. The Bertz CT molecular complexity index is 338. The van der Waals surface area contributed by atoms with Crippen molar-refractivity contribution in [2.45, 2.75) is 87.8 Å². The summed E-state index contributed by atoms with van der Waals surface area (Å²) in [4.78, 5) is 2.44. The zero-order valence-corrected chi connectivity index (χ0v) is 14.1. The van der Waals surface area contributed by atoms with Gasteiger partial charge in [0.1, 0.15) is 0 Å². The summed E-state index contributed by atoms with van der Waals surface area (Å²) in [5, 5.41) is 0. The Morgan fingerprint density at radius 2 is 1.62 bits per heavy atom. The molecule has 0 amide bonds. The maximum absolute atomic E-state index is 6.88. The molecule has 21 heavy (non-hydrogen) atoms. The molecule has 0 aromatic heterocycles. The Labute approximate surface area is 130 Å². The molecule has 0 aromatic carbocycles. The number of nitrogens with zero attached hydrogens (tertiary/aromatic N) is 1. The number of hydrogen-bond acceptors (Lipinski definition) is 3. The van der Waals surface area contributed by atoms with Crippen molar-refractivity contribution in [3.05, 3.63) is 0 Å². The highest BCUT2D eigenvalue weighted by Crippen LogP contribution is 2.46. The van der Waals surface area contributed by atoms with E-state index in [-0.39, 0.29) is 11.1 Å². The van der Waals surface area contributed by atoms with Crippen LogP contribution < -0.4 is 5.73 Å². The first-order valence-corrected chi connectivity index (χ1v) is 9.15. The quantitative estimate of drug-likeness (QED) is 0.868. The van der Waals surface area contributed by atoms with E-state index in [0.29, 0.717) is 12.0 Å². The zero-order valence-electron chi connectivity index (χ0n) is 14.1. The topological polar surface area (TPSA) is 38.5 Å². The van der Waals surface area contributed by atoms with E-state index in [1.807, 2.05) is 0 Å². The molecule has 2 aliphatic carbocycles. The molecule has 3 rings (SSSR count). The molecule has 0 bridgehead atoms. The Morgan fingerprint density at radius 3 is 2.24 bits per heavy atom. The lowest BCUT2D eigenvalue weighted by Gasteiger charge is -2.50. The van der Waals surface area contributed by atoms with Gasteiger partial charge in [-0.25, -0.2) is 0 Å². The molecule has 2 atom stereocenters. The van der Waals surface area contributed by atoms with Gasteiger partial charge in [-0.05, 0) is 58.5 Å². The van der Waals surface area contributed by atoms with Crippen LogP contribution in [-0.4, -0.2) is 42.8 Å². The third-order valence-electron chi connectivity index (χ3n) is 6.78. The molecular formula is C18H34N2O. The first kappa shape index (κ1) is 15.8. The summed E-state index contributed by atoms with van der Waals surface area (Å²) in [6.45, 7) is 0.932. The van der Waals surface area contributed by atoms with E-state index < -0.39 is 0 Å². The largest absolute Gasteiger partial charge is 0.375 e. The monoisotopic (exact) mass is 294 g/mol. The standard InChI is InChI=1S/C18H34N2O/c1-20(2)18(11-6-7-12-18)16(19)15-8-13-21-17(14-15)9-4-3-5-10-17/h15-16H,3-14,19H2,1-2H3. The molecule has 1 spiro atoms. The lowest BCUT2D eigenvalue weighted by molar-refractivity contribution is -0.126. The number of rotatable bonds is 3. The number of hydrogen-bond donors (Lipinski definition) is 1. The first-order chi connectivity index (χ1) is 10.1. The molecule has 2 saturated carbocycles. The fourth-order valence-corrected chi connectivity index (χ4v) is 5.42. The van der Waals surface area contributed by atoms with Crippen molar-refractivity contribution in [3.8, 4) is 0 Å². The van der Waals surface area contributed by atoms with Crippen molar-refractivity contribution in [1.82, 2.24) is 4.90 Å². The zero-order chi connectivity index (χ0) is 14.9. The minimum Gasteiger partial charge on any atom is -0.375 e. The predicted molar refractivity (Wildman–Crippen MR) is 87.4 cm³/mol. The van der Waals surface area contributed by atoms with Crippen molar-refractivity contribution < 1.29 is 4.74 Å². The van der Waals surface area contributed by atoms with Crippen LogP contribution in [0, 0.1) is 5.92 Å². The van der Waals surface area contributed by atoms with E-state index in [1.54, 1.807) is 0 Å². The molecule has 3 aliphatic rings. The summed E-state index contributed by atoms with van der Waals surface area (Å²) in [7, 11) is 4.47. The van der Waals surface area contributed by atoms with E-state index in [4.69, 9.17) is 10.5 Å². The van der Waals surface area contributed by atoms with Gasteiger partial charge >= 0.3 is 0 Å². The molecule has 2 unspecified atom stereocenters. The molecule has 1 saturated heterocycles. The summed E-state index contributed by atoms with van der Waals surface area (Å²) in [5.74, 6) is 0.650. The van der Waals surface area contributed by atoms with Crippen LogP contribution in [0.2, 0.25) is 0 Å². The molecule has 1 heterocycles. The van der Waals surface area contributed by atoms with Crippen LogP contribution in [0.15, 0.2) is 0 Å². The first-order valence-electron chi connectivity index (χ1n) is 9.15. The van der Waals surface area contributed by atoms with Crippen LogP contribution in [0.25, 0.3) is 0 Å². The summed E-state index contributed by atoms with van der Waals surface area (Å²) in [6, 6.07) is 0.317. The molecule has 3 nitrogen and oxygen atoms in total. The number of ether oxygens (including phenoxy) is 1. The minimum absolute atomic E-state index is 0.185.